The summed E-state index contributed by atoms with van der Waals surface area (Å²) in [5.74, 6) is 0.958. The molecule has 3 aromatic carbocycles. The SMILES string of the molecule is Cc1cc(C#N)cc(-c2nc(-c3ccccc3O)nc(-c3ccccc3O)n2)c1. The quantitative estimate of drug-likeness (QED) is 0.544. The summed E-state index contributed by atoms with van der Waals surface area (Å²) in [5, 5.41) is 29.9. The number of aromatic nitrogens is 3. The van der Waals surface area contributed by atoms with Crippen LogP contribution in [-0.2, 0) is 0 Å². The minimum absolute atomic E-state index is 0.0369. The van der Waals surface area contributed by atoms with Crippen molar-refractivity contribution in [3.63, 3.8) is 0 Å². The van der Waals surface area contributed by atoms with Crippen molar-refractivity contribution >= 4 is 0 Å². The van der Waals surface area contributed by atoms with Crippen LogP contribution in [0.25, 0.3) is 34.2 Å². The number of nitriles is 1. The molecule has 0 saturated carbocycles. The molecule has 0 radical (unpaired) electrons. The second kappa shape index (κ2) is 7.41. The molecule has 140 valence electrons. The van der Waals surface area contributed by atoms with E-state index in [0.717, 1.165) is 5.56 Å². The largest absolute Gasteiger partial charge is 0.507 e. The van der Waals surface area contributed by atoms with E-state index >= 15 is 0 Å². The number of benzene rings is 3. The number of phenols is 2. The van der Waals surface area contributed by atoms with Crippen molar-refractivity contribution in [2.75, 3.05) is 0 Å². The Bertz CT molecular complexity index is 1200. The van der Waals surface area contributed by atoms with Gasteiger partial charge in [0.05, 0.1) is 22.8 Å². The highest BCUT2D eigenvalue weighted by Gasteiger charge is 2.16. The number of phenolic OH excluding ortho intramolecular Hbond substituents is 2. The Balaban J connectivity index is 1.99. The van der Waals surface area contributed by atoms with Crippen LogP contribution in [0.5, 0.6) is 11.5 Å². The first kappa shape index (κ1) is 18.1. The van der Waals surface area contributed by atoms with Crippen molar-refractivity contribution in [2.45, 2.75) is 6.92 Å². The molecule has 1 heterocycles. The van der Waals surface area contributed by atoms with E-state index < -0.39 is 0 Å². The number of hydrogen-bond acceptors (Lipinski definition) is 6. The maximum Gasteiger partial charge on any atom is 0.167 e. The third kappa shape index (κ3) is 3.62. The predicted molar refractivity (Wildman–Crippen MR) is 109 cm³/mol. The predicted octanol–water partition coefficient (Wildman–Crippen LogP) is 4.46. The van der Waals surface area contributed by atoms with E-state index in [4.69, 9.17) is 0 Å². The molecule has 0 unspecified atom stereocenters. The normalized spacial score (nSPS) is 10.5. The van der Waals surface area contributed by atoms with Crippen LogP contribution >= 0.6 is 0 Å². The van der Waals surface area contributed by atoms with Crippen LogP contribution in [0.4, 0.5) is 0 Å². The van der Waals surface area contributed by atoms with Crippen LogP contribution in [0.15, 0.2) is 66.7 Å². The Kier molecular flexibility index (Phi) is 4.63. The molecule has 0 aliphatic rings. The summed E-state index contributed by atoms with van der Waals surface area (Å²) >= 11 is 0. The average Bonchev–Trinajstić information content (AvgIpc) is 2.73. The van der Waals surface area contributed by atoms with Gasteiger partial charge < -0.3 is 10.2 Å². The van der Waals surface area contributed by atoms with Crippen LogP contribution < -0.4 is 0 Å². The van der Waals surface area contributed by atoms with Crippen LogP contribution in [0.2, 0.25) is 0 Å². The monoisotopic (exact) mass is 380 g/mol. The summed E-state index contributed by atoms with van der Waals surface area (Å²) in [5.41, 5.74) is 2.93. The highest BCUT2D eigenvalue weighted by Crippen LogP contribution is 2.32. The second-order valence-corrected chi connectivity index (χ2v) is 6.54. The molecule has 0 amide bonds. The number of nitrogens with zero attached hydrogens (tertiary/aromatic N) is 4. The van der Waals surface area contributed by atoms with Crippen molar-refractivity contribution in [3.05, 3.63) is 77.9 Å². The highest BCUT2D eigenvalue weighted by molar-refractivity contribution is 5.72. The Hall–Kier alpha value is -4.24. The molecule has 4 aromatic rings. The first-order valence-electron chi connectivity index (χ1n) is 8.90. The van der Waals surface area contributed by atoms with E-state index in [2.05, 4.69) is 21.0 Å². The molecule has 0 bridgehead atoms. The van der Waals surface area contributed by atoms with E-state index in [9.17, 15) is 15.5 Å². The van der Waals surface area contributed by atoms with Gasteiger partial charge in [-0.1, -0.05) is 24.3 Å². The highest BCUT2D eigenvalue weighted by atomic mass is 16.3. The van der Waals surface area contributed by atoms with Gasteiger partial charge in [0.15, 0.2) is 17.5 Å². The topological polar surface area (TPSA) is 103 Å². The molecule has 0 spiro atoms. The summed E-state index contributed by atoms with van der Waals surface area (Å²) in [6, 6.07) is 21.0. The van der Waals surface area contributed by atoms with Crippen LogP contribution in [0, 0.1) is 18.3 Å². The van der Waals surface area contributed by atoms with Gasteiger partial charge in [-0.25, -0.2) is 15.0 Å². The minimum atomic E-state index is 0.0369. The lowest BCUT2D eigenvalue weighted by Crippen LogP contribution is -2.01. The molecular formula is C23H16N4O2. The maximum atomic E-state index is 10.3. The number of aromatic hydroxyl groups is 2. The second-order valence-electron chi connectivity index (χ2n) is 6.54. The Morgan fingerprint density at radius 1 is 0.724 bits per heavy atom. The molecule has 6 nitrogen and oxygen atoms in total. The summed E-state index contributed by atoms with van der Waals surface area (Å²) in [6.45, 7) is 1.89. The molecule has 29 heavy (non-hydrogen) atoms. The Morgan fingerprint density at radius 2 is 1.24 bits per heavy atom. The minimum Gasteiger partial charge on any atom is -0.507 e. The lowest BCUT2D eigenvalue weighted by Gasteiger charge is -2.10. The van der Waals surface area contributed by atoms with Crippen LogP contribution in [-0.4, -0.2) is 25.2 Å². The van der Waals surface area contributed by atoms with Gasteiger partial charge in [-0.15, -0.1) is 0 Å². The Labute approximate surface area is 167 Å². The fourth-order valence-electron chi connectivity index (χ4n) is 3.05. The zero-order chi connectivity index (χ0) is 20.4. The Morgan fingerprint density at radius 3 is 1.76 bits per heavy atom. The molecule has 0 fully saturated rings. The van der Waals surface area contributed by atoms with Crippen molar-refractivity contribution in [1.29, 1.82) is 5.26 Å². The zero-order valence-electron chi connectivity index (χ0n) is 15.5. The van der Waals surface area contributed by atoms with Crippen molar-refractivity contribution in [2.24, 2.45) is 0 Å². The summed E-state index contributed by atoms with van der Waals surface area (Å²) in [7, 11) is 0. The fraction of sp³-hybridized carbons (Fsp3) is 0.0435. The standard InChI is InChI=1S/C23H16N4O2/c1-14-10-15(13-24)12-16(11-14)21-25-22(17-6-2-4-8-19(17)28)27-23(26-21)18-7-3-5-9-20(18)29/h2-12,28-29H,1H3. The molecule has 1 aromatic heterocycles. The molecule has 0 aliphatic carbocycles. The lowest BCUT2D eigenvalue weighted by molar-refractivity contribution is 0.477. The van der Waals surface area contributed by atoms with Crippen LogP contribution in [0.1, 0.15) is 11.1 Å². The van der Waals surface area contributed by atoms with Gasteiger partial charge in [0.2, 0.25) is 0 Å². The third-order valence-electron chi connectivity index (χ3n) is 4.39. The van der Waals surface area contributed by atoms with E-state index in [0.29, 0.717) is 28.1 Å². The van der Waals surface area contributed by atoms with Gasteiger partial charge in [0, 0.05) is 5.56 Å². The number of hydrogen-bond donors (Lipinski definition) is 2. The summed E-state index contributed by atoms with van der Waals surface area (Å²) < 4.78 is 0. The van der Waals surface area contributed by atoms with E-state index in [-0.39, 0.29) is 23.1 Å². The van der Waals surface area contributed by atoms with Gasteiger partial charge in [-0.2, -0.15) is 5.26 Å². The average molecular weight is 380 g/mol. The van der Waals surface area contributed by atoms with Gasteiger partial charge >= 0.3 is 0 Å². The van der Waals surface area contributed by atoms with Gasteiger partial charge in [0.25, 0.3) is 0 Å². The van der Waals surface area contributed by atoms with E-state index in [1.807, 2.05) is 13.0 Å². The molecule has 6 heteroatoms. The fourth-order valence-corrected chi connectivity index (χ4v) is 3.05. The van der Waals surface area contributed by atoms with E-state index in [1.54, 1.807) is 60.7 Å². The van der Waals surface area contributed by atoms with Gasteiger partial charge in [-0.3, -0.25) is 0 Å². The van der Waals surface area contributed by atoms with E-state index in [1.165, 1.54) is 0 Å². The lowest BCUT2D eigenvalue weighted by atomic mass is 10.1. The van der Waals surface area contributed by atoms with Crippen LogP contribution in [0.3, 0.4) is 0 Å². The first-order valence-corrected chi connectivity index (χ1v) is 8.90. The zero-order valence-corrected chi connectivity index (χ0v) is 15.5. The molecule has 4 rings (SSSR count). The summed E-state index contributed by atoms with van der Waals surface area (Å²) in [6.07, 6.45) is 0. The number of aryl methyl sites for hydroxylation is 1. The van der Waals surface area contributed by atoms with Gasteiger partial charge in [-0.05, 0) is 55.0 Å². The molecule has 2 N–H and O–H groups in total. The molecule has 0 aliphatic heterocycles. The molecule has 0 atom stereocenters. The maximum absolute atomic E-state index is 10.3. The molecule has 0 saturated heterocycles. The first-order chi connectivity index (χ1) is 14.0. The molecular weight excluding hydrogens is 364 g/mol. The van der Waals surface area contributed by atoms with Crippen molar-refractivity contribution < 1.29 is 10.2 Å². The summed E-state index contributed by atoms with van der Waals surface area (Å²) in [4.78, 5) is 13.5. The number of para-hydroxylation sites is 2. The smallest absolute Gasteiger partial charge is 0.167 e. The number of rotatable bonds is 3. The van der Waals surface area contributed by atoms with Gasteiger partial charge in [0.1, 0.15) is 11.5 Å². The third-order valence-corrected chi connectivity index (χ3v) is 4.39. The van der Waals surface area contributed by atoms with Crippen molar-refractivity contribution in [1.82, 2.24) is 15.0 Å². The van der Waals surface area contributed by atoms with Crippen molar-refractivity contribution in [3.8, 4) is 51.7 Å².